The molecule has 0 aromatic heterocycles. The highest BCUT2D eigenvalue weighted by Crippen LogP contribution is 2.22. The average Bonchev–Trinajstić information content (AvgIpc) is 3.49. The molecule has 1 aromatic rings. The fourth-order valence-electron chi connectivity index (χ4n) is 3.03. The van der Waals surface area contributed by atoms with Gasteiger partial charge in [-0.3, -0.25) is 9.59 Å². The van der Waals surface area contributed by atoms with Gasteiger partial charge in [-0.25, -0.2) is 13.1 Å². The summed E-state index contributed by atoms with van der Waals surface area (Å²) in [4.78, 5) is 28.1. The largest absolute Gasteiger partial charge is 0.339 e. The quantitative estimate of drug-likeness (QED) is 0.726. The molecular weight excluding hydrogens is 378 g/mol. The lowest BCUT2D eigenvalue weighted by Crippen LogP contribution is -2.51. The first-order valence-electron chi connectivity index (χ1n) is 9.64. The Bertz CT molecular complexity index is 850. The summed E-state index contributed by atoms with van der Waals surface area (Å²) < 4.78 is 27.0. The van der Waals surface area contributed by atoms with Crippen LogP contribution in [-0.4, -0.2) is 62.3 Å². The van der Waals surface area contributed by atoms with Crippen LogP contribution in [0.25, 0.3) is 6.08 Å². The first-order valence-corrected chi connectivity index (χ1v) is 11.1. The van der Waals surface area contributed by atoms with E-state index < -0.39 is 10.0 Å². The van der Waals surface area contributed by atoms with Crippen LogP contribution in [0.3, 0.4) is 0 Å². The van der Waals surface area contributed by atoms with Crippen LogP contribution < -0.4 is 4.72 Å². The van der Waals surface area contributed by atoms with Crippen molar-refractivity contribution in [3.63, 3.8) is 0 Å². The van der Waals surface area contributed by atoms with Crippen molar-refractivity contribution in [2.45, 2.75) is 37.6 Å². The number of benzene rings is 1. The van der Waals surface area contributed by atoms with Crippen molar-refractivity contribution in [2.75, 3.05) is 26.2 Å². The van der Waals surface area contributed by atoms with Crippen molar-refractivity contribution in [3.8, 4) is 0 Å². The van der Waals surface area contributed by atoms with E-state index in [2.05, 4.69) is 4.72 Å². The molecule has 1 aliphatic carbocycles. The Labute approximate surface area is 166 Å². The Morgan fingerprint density at radius 1 is 1.04 bits per heavy atom. The molecule has 1 saturated carbocycles. The monoisotopic (exact) mass is 405 g/mol. The molecule has 1 N–H and O–H groups in total. The minimum absolute atomic E-state index is 0.0339. The molecule has 8 heteroatoms. The molecule has 1 heterocycles. The molecule has 1 aromatic carbocycles. The number of rotatable bonds is 6. The van der Waals surface area contributed by atoms with E-state index in [0.717, 1.165) is 18.4 Å². The molecule has 0 spiro atoms. The zero-order valence-corrected chi connectivity index (χ0v) is 17.1. The van der Waals surface area contributed by atoms with E-state index in [1.165, 1.54) is 6.08 Å². The average molecular weight is 406 g/mol. The molecule has 0 bridgehead atoms. The number of nitrogens with one attached hydrogen (secondary N) is 1. The first kappa shape index (κ1) is 20.5. The maximum absolute atomic E-state index is 12.4. The Morgan fingerprint density at radius 3 is 2.14 bits per heavy atom. The van der Waals surface area contributed by atoms with Crippen molar-refractivity contribution in [3.05, 3.63) is 35.9 Å². The SMILES string of the molecule is CC(C)C(=O)N1CCN(C(=O)/C=C/c2ccc(S(=O)(=O)NC3CC3)cc2)CC1. The van der Waals surface area contributed by atoms with E-state index in [4.69, 9.17) is 0 Å². The number of sulfonamides is 1. The van der Waals surface area contributed by atoms with E-state index >= 15 is 0 Å². The molecule has 1 saturated heterocycles. The fourth-order valence-corrected chi connectivity index (χ4v) is 4.34. The second-order valence-corrected chi connectivity index (χ2v) is 9.32. The van der Waals surface area contributed by atoms with Crippen LogP contribution in [0, 0.1) is 5.92 Å². The summed E-state index contributed by atoms with van der Waals surface area (Å²) in [6.45, 7) is 5.90. The van der Waals surface area contributed by atoms with Crippen molar-refractivity contribution in [1.29, 1.82) is 0 Å². The lowest BCUT2D eigenvalue weighted by Gasteiger charge is -2.35. The predicted octanol–water partition coefficient (Wildman–Crippen LogP) is 1.47. The highest BCUT2D eigenvalue weighted by atomic mass is 32.2. The molecule has 2 aliphatic rings. The molecule has 28 heavy (non-hydrogen) atoms. The van der Waals surface area contributed by atoms with E-state index in [0.29, 0.717) is 26.2 Å². The van der Waals surface area contributed by atoms with Gasteiger partial charge in [0.25, 0.3) is 0 Å². The summed E-state index contributed by atoms with van der Waals surface area (Å²) in [6.07, 6.45) is 4.95. The Hall–Kier alpha value is -2.19. The molecule has 0 atom stereocenters. The summed E-state index contributed by atoms with van der Waals surface area (Å²) in [7, 11) is -3.46. The van der Waals surface area contributed by atoms with Crippen LogP contribution >= 0.6 is 0 Å². The van der Waals surface area contributed by atoms with E-state index in [-0.39, 0.29) is 28.7 Å². The van der Waals surface area contributed by atoms with Crippen LogP contribution in [0.5, 0.6) is 0 Å². The standard InChI is InChI=1S/C20H27N3O4S/c1-15(2)20(25)23-13-11-22(12-14-23)19(24)10-5-16-3-8-18(9-4-16)28(26,27)21-17-6-7-17/h3-5,8-10,15,17,21H,6-7,11-14H2,1-2H3/b10-5+. The molecule has 1 aliphatic heterocycles. The van der Waals surface area contributed by atoms with Crippen LogP contribution in [0.4, 0.5) is 0 Å². The highest BCUT2D eigenvalue weighted by molar-refractivity contribution is 7.89. The van der Waals surface area contributed by atoms with Gasteiger partial charge in [-0.1, -0.05) is 26.0 Å². The van der Waals surface area contributed by atoms with Gasteiger partial charge in [0.2, 0.25) is 21.8 Å². The molecule has 0 radical (unpaired) electrons. The highest BCUT2D eigenvalue weighted by Gasteiger charge is 2.28. The maximum Gasteiger partial charge on any atom is 0.246 e. The number of carbonyl (C=O) groups is 2. The van der Waals surface area contributed by atoms with E-state index in [1.54, 1.807) is 40.1 Å². The number of piperazine rings is 1. The van der Waals surface area contributed by atoms with Gasteiger partial charge in [0, 0.05) is 44.2 Å². The van der Waals surface area contributed by atoms with Crippen molar-refractivity contribution in [1.82, 2.24) is 14.5 Å². The summed E-state index contributed by atoms with van der Waals surface area (Å²) in [5.74, 6) is -0.0222. The third-order valence-electron chi connectivity index (χ3n) is 4.90. The van der Waals surface area contributed by atoms with Gasteiger partial charge in [-0.15, -0.1) is 0 Å². The lowest BCUT2D eigenvalue weighted by atomic mass is 10.1. The number of hydrogen-bond acceptors (Lipinski definition) is 4. The molecule has 3 rings (SSSR count). The first-order chi connectivity index (χ1) is 13.3. The van der Waals surface area contributed by atoms with Crippen LogP contribution in [0.1, 0.15) is 32.3 Å². The van der Waals surface area contributed by atoms with Gasteiger partial charge in [-0.2, -0.15) is 0 Å². The molecule has 7 nitrogen and oxygen atoms in total. The number of carbonyl (C=O) groups excluding carboxylic acids is 2. The van der Waals surface area contributed by atoms with Crippen molar-refractivity contribution in [2.24, 2.45) is 5.92 Å². The molecular formula is C20H27N3O4S. The minimum atomic E-state index is -3.46. The number of hydrogen-bond donors (Lipinski definition) is 1. The summed E-state index contributed by atoms with van der Waals surface area (Å²) in [6, 6.07) is 6.53. The second kappa shape index (κ2) is 8.45. The van der Waals surface area contributed by atoms with Crippen LogP contribution in [0.15, 0.2) is 35.2 Å². The van der Waals surface area contributed by atoms with Gasteiger partial charge in [0.05, 0.1) is 4.90 Å². The van der Waals surface area contributed by atoms with Gasteiger partial charge in [0.1, 0.15) is 0 Å². The molecule has 2 amide bonds. The maximum atomic E-state index is 12.4. The lowest BCUT2D eigenvalue weighted by molar-refractivity contribution is -0.139. The van der Waals surface area contributed by atoms with Gasteiger partial charge < -0.3 is 9.80 Å². The topological polar surface area (TPSA) is 86.8 Å². The van der Waals surface area contributed by atoms with Gasteiger partial charge >= 0.3 is 0 Å². The minimum Gasteiger partial charge on any atom is -0.339 e. The predicted molar refractivity (Wildman–Crippen MR) is 107 cm³/mol. The number of amides is 2. The van der Waals surface area contributed by atoms with Crippen molar-refractivity contribution < 1.29 is 18.0 Å². The normalized spacial score (nSPS) is 18.1. The molecule has 2 fully saturated rings. The second-order valence-electron chi connectivity index (χ2n) is 7.60. The van der Waals surface area contributed by atoms with E-state index in [9.17, 15) is 18.0 Å². The zero-order chi connectivity index (χ0) is 20.3. The summed E-state index contributed by atoms with van der Waals surface area (Å²) in [5.41, 5.74) is 0.757. The van der Waals surface area contributed by atoms with Crippen LogP contribution in [0.2, 0.25) is 0 Å². The van der Waals surface area contributed by atoms with Gasteiger partial charge in [0.15, 0.2) is 0 Å². The third-order valence-corrected chi connectivity index (χ3v) is 6.44. The molecule has 0 unspecified atom stereocenters. The number of nitrogens with zero attached hydrogens (tertiary/aromatic N) is 2. The summed E-state index contributed by atoms with van der Waals surface area (Å²) in [5, 5.41) is 0. The van der Waals surface area contributed by atoms with Crippen LogP contribution in [-0.2, 0) is 19.6 Å². The Morgan fingerprint density at radius 2 is 1.61 bits per heavy atom. The third kappa shape index (κ3) is 5.20. The van der Waals surface area contributed by atoms with E-state index in [1.807, 2.05) is 13.8 Å². The fraction of sp³-hybridized carbons (Fsp3) is 0.500. The van der Waals surface area contributed by atoms with Gasteiger partial charge in [-0.05, 0) is 36.6 Å². The Kier molecular flexibility index (Phi) is 6.20. The zero-order valence-electron chi connectivity index (χ0n) is 16.3. The smallest absolute Gasteiger partial charge is 0.246 e. The molecule has 152 valence electrons. The van der Waals surface area contributed by atoms with Crippen molar-refractivity contribution >= 4 is 27.9 Å². The Balaban J connectivity index is 1.54. The summed E-state index contributed by atoms with van der Waals surface area (Å²) >= 11 is 0.